The maximum atomic E-state index is 13.2. The summed E-state index contributed by atoms with van der Waals surface area (Å²) in [6.07, 6.45) is -3.34. The van der Waals surface area contributed by atoms with Gasteiger partial charge in [0.2, 0.25) is 0 Å². The van der Waals surface area contributed by atoms with Gasteiger partial charge >= 0.3 is 6.18 Å². The van der Waals surface area contributed by atoms with Crippen molar-refractivity contribution < 1.29 is 31.9 Å². The lowest BCUT2D eigenvalue weighted by molar-refractivity contribution is -0.123. The van der Waals surface area contributed by atoms with E-state index in [1.165, 1.54) is 42.3 Å². The molecule has 4 aromatic rings. The molecule has 0 bridgehead atoms. The Kier molecular flexibility index (Phi) is 7.21. The van der Waals surface area contributed by atoms with Crippen molar-refractivity contribution in [2.75, 3.05) is 24.7 Å². The highest BCUT2D eigenvalue weighted by Gasteiger charge is 2.28. The number of alkyl halides is 3. The smallest absolute Gasteiger partial charge is 0.405 e. The zero-order valence-electron chi connectivity index (χ0n) is 20.6. The number of ether oxygens (including phenoxy) is 1. The fourth-order valence-electron chi connectivity index (χ4n) is 3.89. The Labute approximate surface area is 218 Å². The number of methoxy groups -OCH3 is 1. The van der Waals surface area contributed by atoms with Gasteiger partial charge in [-0.2, -0.15) is 13.2 Å². The third-order valence-electron chi connectivity index (χ3n) is 5.64. The minimum atomic E-state index is -4.55. The second-order valence-corrected chi connectivity index (χ2v) is 8.31. The van der Waals surface area contributed by atoms with Crippen LogP contribution < -0.4 is 21.1 Å². The first-order valence-electron chi connectivity index (χ1n) is 11.2. The Morgan fingerprint density at radius 2 is 1.92 bits per heavy atom. The summed E-state index contributed by atoms with van der Waals surface area (Å²) in [5.74, 6) is -2.72. The van der Waals surface area contributed by atoms with Crippen LogP contribution in [-0.4, -0.2) is 51.5 Å². The van der Waals surface area contributed by atoms with Crippen molar-refractivity contribution in [3.63, 3.8) is 0 Å². The molecule has 0 atom stereocenters. The van der Waals surface area contributed by atoms with E-state index in [0.717, 1.165) is 0 Å². The van der Waals surface area contributed by atoms with Crippen molar-refractivity contribution in [3.05, 3.63) is 66.3 Å². The van der Waals surface area contributed by atoms with Crippen LogP contribution in [0.1, 0.15) is 15.9 Å². The number of amides is 2. The number of hydrogen-bond donors (Lipinski definition) is 3. The molecule has 0 spiro atoms. The summed E-state index contributed by atoms with van der Waals surface area (Å²) in [6.45, 7) is 3.07. The molecule has 39 heavy (non-hydrogen) atoms. The quantitative estimate of drug-likeness (QED) is 0.236. The zero-order chi connectivity index (χ0) is 28.5. The van der Waals surface area contributed by atoms with Crippen LogP contribution in [-0.2, 0) is 4.79 Å². The maximum Gasteiger partial charge on any atom is 0.405 e. The average molecular weight is 543 g/mol. The average Bonchev–Trinajstić information content (AvgIpc) is 3.27. The number of halogens is 4. The summed E-state index contributed by atoms with van der Waals surface area (Å²) in [5, 5.41) is 12.9. The monoisotopic (exact) mass is 543 g/mol. The Morgan fingerprint density at radius 1 is 1.18 bits per heavy atom. The molecule has 0 radical (unpaired) electrons. The van der Waals surface area contributed by atoms with Gasteiger partial charge in [-0.15, -0.1) is 14.8 Å². The van der Waals surface area contributed by atoms with Crippen LogP contribution in [0.3, 0.4) is 0 Å². The molecule has 4 rings (SSSR count). The standard InChI is InChI=1S/C25H21F4N7O3/c1-12-8-14(4-6-16(12)24(38)31-10-25(27,28)29)19-20(35-36-21(19)22(30)32-11-33-36)17-7-5-15(9-18(17)39-3)34-23(37)13(2)26/h4-9,11H,2,10H2,1,3H3,(H,31,38)(H,34,37)(H2,30,32,33). The summed E-state index contributed by atoms with van der Waals surface area (Å²) in [5.41, 5.74) is 8.90. The van der Waals surface area contributed by atoms with Crippen molar-refractivity contribution in [1.29, 1.82) is 0 Å². The highest BCUT2D eigenvalue weighted by atomic mass is 19.4. The van der Waals surface area contributed by atoms with Crippen molar-refractivity contribution in [3.8, 4) is 28.1 Å². The van der Waals surface area contributed by atoms with E-state index in [0.29, 0.717) is 33.5 Å². The third kappa shape index (κ3) is 5.63. The molecular weight excluding hydrogens is 522 g/mol. The van der Waals surface area contributed by atoms with E-state index in [9.17, 15) is 27.2 Å². The van der Waals surface area contributed by atoms with Gasteiger partial charge in [-0.1, -0.05) is 18.7 Å². The summed E-state index contributed by atoms with van der Waals surface area (Å²) >= 11 is 0. The molecule has 0 aliphatic rings. The second-order valence-electron chi connectivity index (χ2n) is 8.31. The zero-order valence-corrected chi connectivity index (χ0v) is 20.6. The second kappa shape index (κ2) is 10.4. The highest BCUT2D eigenvalue weighted by Crippen LogP contribution is 2.41. The fourth-order valence-corrected chi connectivity index (χ4v) is 3.89. The first-order valence-corrected chi connectivity index (χ1v) is 11.2. The first kappa shape index (κ1) is 27.0. The van der Waals surface area contributed by atoms with Crippen LogP contribution in [0.15, 0.2) is 55.1 Å². The van der Waals surface area contributed by atoms with E-state index in [2.05, 4.69) is 27.1 Å². The number of rotatable bonds is 7. The predicted molar refractivity (Wildman–Crippen MR) is 135 cm³/mol. The van der Waals surface area contributed by atoms with E-state index in [4.69, 9.17) is 10.5 Å². The van der Waals surface area contributed by atoms with E-state index in [1.807, 2.05) is 5.32 Å². The van der Waals surface area contributed by atoms with Crippen LogP contribution in [0, 0.1) is 6.92 Å². The summed E-state index contributed by atoms with van der Waals surface area (Å²) in [4.78, 5) is 28.1. The van der Waals surface area contributed by atoms with Gasteiger partial charge in [0.05, 0.1) is 7.11 Å². The van der Waals surface area contributed by atoms with Gasteiger partial charge in [0.1, 0.15) is 29.8 Å². The number of aryl methyl sites for hydroxylation is 1. The minimum absolute atomic E-state index is 0.0531. The van der Waals surface area contributed by atoms with Crippen LogP contribution >= 0.6 is 0 Å². The molecule has 2 aromatic carbocycles. The number of benzene rings is 2. The lowest BCUT2D eigenvalue weighted by Crippen LogP contribution is -2.34. The first-order chi connectivity index (χ1) is 18.4. The summed E-state index contributed by atoms with van der Waals surface area (Å²) in [6, 6.07) is 9.07. The highest BCUT2D eigenvalue weighted by molar-refractivity contribution is 6.03. The normalized spacial score (nSPS) is 11.3. The number of aromatic nitrogens is 4. The predicted octanol–water partition coefficient (Wildman–Crippen LogP) is 4.07. The Morgan fingerprint density at radius 3 is 2.56 bits per heavy atom. The number of nitrogens with one attached hydrogen (secondary N) is 2. The van der Waals surface area contributed by atoms with Gasteiger partial charge in [-0.05, 0) is 36.2 Å². The van der Waals surface area contributed by atoms with Gasteiger partial charge < -0.3 is 21.1 Å². The Hall–Kier alpha value is -5.01. The van der Waals surface area contributed by atoms with Crippen LogP contribution in [0.2, 0.25) is 0 Å². The van der Waals surface area contributed by atoms with Crippen molar-refractivity contribution >= 4 is 28.8 Å². The van der Waals surface area contributed by atoms with Gasteiger partial charge in [0.25, 0.3) is 11.8 Å². The summed E-state index contributed by atoms with van der Waals surface area (Å²) in [7, 11) is 1.39. The molecule has 2 heterocycles. The SMILES string of the molecule is C=C(F)C(=O)Nc1ccc(-c2nn3ncnc(N)c3c2-c2ccc(C(=O)NCC(F)(F)F)c(C)c2)c(OC)c1. The molecule has 0 fully saturated rings. The Bertz CT molecular complexity index is 1620. The Balaban J connectivity index is 1.84. The van der Waals surface area contributed by atoms with Gasteiger partial charge in [0.15, 0.2) is 11.6 Å². The number of nitrogens with zero attached hydrogens (tertiary/aromatic N) is 4. The molecule has 0 saturated carbocycles. The lowest BCUT2D eigenvalue weighted by atomic mass is 9.95. The van der Waals surface area contributed by atoms with Crippen molar-refractivity contribution in [2.24, 2.45) is 0 Å². The van der Waals surface area contributed by atoms with Gasteiger partial charge in [-0.25, -0.2) is 9.37 Å². The molecule has 10 nitrogen and oxygen atoms in total. The number of nitrogens with two attached hydrogens (primary N) is 1. The number of hydrogen-bond acceptors (Lipinski definition) is 7. The molecule has 2 amide bonds. The molecular formula is C25H21F4N7O3. The number of fused-ring (bicyclic) bond motifs is 1. The van der Waals surface area contributed by atoms with Gasteiger partial charge in [-0.3, -0.25) is 9.59 Å². The molecule has 202 valence electrons. The number of nitrogen functional groups attached to an aromatic ring is 1. The van der Waals surface area contributed by atoms with Crippen LogP contribution in [0.5, 0.6) is 5.75 Å². The lowest BCUT2D eigenvalue weighted by Gasteiger charge is -2.13. The van der Waals surface area contributed by atoms with Crippen LogP contribution in [0.4, 0.5) is 29.1 Å². The molecule has 0 aliphatic carbocycles. The third-order valence-corrected chi connectivity index (χ3v) is 5.64. The molecule has 4 N–H and O–H groups in total. The number of carbonyl (C=O) groups is 2. The number of carbonyl (C=O) groups excluding carboxylic acids is 2. The van der Waals surface area contributed by atoms with E-state index >= 15 is 0 Å². The van der Waals surface area contributed by atoms with E-state index in [-0.39, 0.29) is 22.8 Å². The number of anilines is 2. The molecule has 0 unspecified atom stereocenters. The van der Waals surface area contributed by atoms with E-state index < -0.39 is 30.4 Å². The van der Waals surface area contributed by atoms with E-state index in [1.54, 1.807) is 19.1 Å². The topological polar surface area (TPSA) is 137 Å². The van der Waals surface area contributed by atoms with Crippen LogP contribution in [0.25, 0.3) is 27.9 Å². The minimum Gasteiger partial charge on any atom is -0.496 e. The van der Waals surface area contributed by atoms with Crippen molar-refractivity contribution in [2.45, 2.75) is 13.1 Å². The molecule has 0 aliphatic heterocycles. The van der Waals surface area contributed by atoms with Crippen molar-refractivity contribution in [1.82, 2.24) is 25.1 Å². The van der Waals surface area contributed by atoms with Gasteiger partial charge in [0, 0.05) is 28.4 Å². The molecule has 14 heteroatoms. The summed E-state index contributed by atoms with van der Waals surface area (Å²) < 4.78 is 57.6. The maximum absolute atomic E-state index is 13.2. The molecule has 2 aromatic heterocycles. The largest absolute Gasteiger partial charge is 0.496 e. The fraction of sp³-hybridized carbons (Fsp3) is 0.160. The molecule has 0 saturated heterocycles.